The topological polar surface area (TPSA) is 66.7 Å². The Kier molecular flexibility index (Phi) is 8.28. The lowest BCUT2D eigenvalue weighted by Gasteiger charge is -2.35. The maximum atomic E-state index is 10.6. The van der Waals surface area contributed by atoms with Gasteiger partial charge in [-0.1, -0.05) is 37.3 Å². The van der Waals surface area contributed by atoms with E-state index in [9.17, 15) is 5.11 Å². The van der Waals surface area contributed by atoms with E-state index in [1.807, 2.05) is 29.1 Å². The minimum absolute atomic E-state index is 0.292. The first kappa shape index (κ1) is 24.9. The van der Waals surface area contributed by atoms with Gasteiger partial charge in [-0.15, -0.1) is 11.3 Å². The number of aliphatic hydroxyl groups excluding tert-OH is 1. The molecule has 7 nitrogen and oxygen atoms in total. The van der Waals surface area contributed by atoms with Crippen LogP contribution in [0.3, 0.4) is 0 Å². The summed E-state index contributed by atoms with van der Waals surface area (Å²) in [4.78, 5) is 9.50. The van der Waals surface area contributed by atoms with Crippen LogP contribution in [-0.4, -0.2) is 81.7 Å². The van der Waals surface area contributed by atoms with Crippen molar-refractivity contribution in [3.63, 3.8) is 0 Å². The molecule has 0 unspecified atom stereocenters. The van der Waals surface area contributed by atoms with Gasteiger partial charge in [0.05, 0.1) is 28.0 Å². The van der Waals surface area contributed by atoms with Gasteiger partial charge in [0.2, 0.25) is 0 Å². The largest absolute Gasteiger partial charge is 0.491 e. The number of fused-ring (bicyclic) bond motifs is 1. The number of aliphatic hydroxyl groups is 1. The van der Waals surface area contributed by atoms with Crippen LogP contribution in [0, 0.1) is 0 Å². The van der Waals surface area contributed by atoms with Crippen LogP contribution >= 0.6 is 11.3 Å². The number of rotatable bonds is 11. The van der Waals surface area contributed by atoms with E-state index in [2.05, 4.69) is 58.4 Å². The predicted octanol–water partition coefficient (Wildman–Crippen LogP) is 4.17. The van der Waals surface area contributed by atoms with Gasteiger partial charge in [0, 0.05) is 57.1 Å². The number of aromatic nitrogens is 3. The highest BCUT2D eigenvalue weighted by molar-refractivity contribution is 7.18. The fraction of sp³-hybridized carbons (Fsp3) is 0.429. The molecule has 36 heavy (non-hydrogen) atoms. The Morgan fingerprint density at radius 3 is 2.61 bits per heavy atom. The number of nitrogens with zero attached hydrogens (tertiary/aromatic N) is 5. The Bertz CT molecular complexity index is 1230. The number of hydrogen-bond acceptors (Lipinski definition) is 7. The van der Waals surface area contributed by atoms with Crippen LogP contribution in [0.2, 0.25) is 0 Å². The second-order valence-electron chi connectivity index (χ2n) is 9.45. The van der Waals surface area contributed by atoms with E-state index < -0.39 is 6.10 Å². The molecule has 3 heterocycles. The van der Waals surface area contributed by atoms with Crippen molar-refractivity contribution in [3.05, 3.63) is 65.9 Å². The van der Waals surface area contributed by atoms with Crippen molar-refractivity contribution in [2.75, 3.05) is 45.9 Å². The van der Waals surface area contributed by atoms with Gasteiger partial charge in [-0.2, -0.15) is 5.10 Å². The summed E-state index contributed by atoms with van der Waals surface area (Å²) in [6.45, 7) is 8.87. The zero-order valence-corrected chi connectivity index (χ0v) is 21.7. The first-order chi connectivity index (χ1) is 17.7. The fourth-order valence-corrected chi connectivity index (χ4v) is 5.66. The van der Waals surface area contributed by atoms with Crippen molar-refractivity contribution in [2.45, 2.75) is 32.4 Å². The van der Waals surface area contributed by atoms with Crippen LogP contribution < -0.4 is 4.74 Å². The number of aryl methyl sites for hydroxylation is 1. The second kappa shape index (κ2) is 12.0. The second-order valence-corrected chi connectivity index (χ2v) is 10.6. The first-order valence-electron chi connectivity index (χ1n) is 12.9. The molecule has 1 saturated heterocycles. The SMILES string of the molecule is CCCc1nc2cc(OC[C@@H](O)CN3CCN(CCn4cc(-c5ccccc5)cn4)CC3)ccc2s1. The molecule has 8 heteroatoms. The van der Waals surface area contributed by atoms with E-state index in [-0.39, 0.29) is 0 Å². The average molecular weight is 506 g/mol. The Morgan fingerprint density at radius 1 is 1.00 bits per heavy atom. The smallest absolute Gasteiger partial charge is 0.121 e. The van der Waals surface area contributed by atoms with Crippen molar-refractivity contribution >= 4 is 21.6 Å². The highest BCUT2D eigenvalue weighted by Gasteiger charge is 2.19. The van der Waals surface area contributed by atoms with Crippen molar-refractivity contribution in [3.8, 4) is 16.9 Å². The van der Waals surface area contributed by atoms with Crippen LogP contribution in [0.1, 0.15) is 18.4 Å². The predicted molar refractivity (Wildman–Crippen MR) is 146 cm³/mol. The zero-order chi connectivity index (χ0) is 24.7. The molecule has 2 aromatic heterocycles. The molecular formula is C28H35N5O2S. The molecule has 4 aromatic rings. The first-order valence-corrected chi connectivity index (χ1v) is 13.7. The number of ether oxygens (including phenoxy) is 1. The van der Waals surface area contributed by atoms with Crippen LogP contribution in [-0.2, 0) is 13.0 Å². The van der Waals surface area contributed by atoms with Gasteiger partial charge < -0.3 is 9.84 Å². The van der Waals surface area contributed by atoms with E-state index in [4.69, 9.17) is 9.72 Å². The highest BCUT2D eigenvalue weighted by atomic mass is 32.1. The summed E-state index contributed by atoms with van der Waals surface area (Å²) < 4.78 is 9.12. The van der Waals surface area contributed by atoms with Crippen LogP contribution in [0.15, 0.2) is 60.9 Å². The molecular weight excluding hydrogens is 470 g/mol. The van der Waals surface area contributed by atoms with E-state index in [1.165, 1.54) is 15.3 Å². The van der Waals surface area contributed by atoms with Crippen molar-refractivity contribution < 1.29 is 9.84 Å². The third kappa shape index (κ3) is 6.50. The quantitative estimate of drug-likeness (QED) is 0.330. The Morgan fingerprint density at radius 2 is 1.81 bits per heavy atom. The normalized spacial score (nSPS) is 15.9. The van der Waals surface area contributed by atoms with E-state index in [0.29, 0.717) is 13.2 Å². The Labute approximate surface area is 216 Å². The van der Waals surface area contributed by atoms with Crippen molar-refractivity contribution in [1.82, 2.24) is 24.6 Å². The molecule has 0 radical (unpaired) electrons. The monoisotopic (exact) mass is 505 g/mol. The van der Waals surface area contributed by atoms with Gasteiger partial charge in [-0.3, -0.25) is 14.5 Å². The molecule has 0 saturated carbocycles. The molecule has 190 valence electrons. The lowest BCUT2D eigenvalue weighted by atomic mass is 10.1. The van der Waals surface area contributed by atoms with Gasteiger partial charge in [-0.05, 0) is 30.5 Å². The third-order valence-corrected chi connectivity index (χ3v) is 7.73. The molecule has 1 aliphatic rings. The van der Waals surface area contributed by atoms with Crippen LogP contribution in [0.5, 0.6) is 5.75 Å². The Balaban J connectivity index is 1.02. The lowest BCUT2D eigenvalue weighted by Crippen LogP contribution is -2.49. The summed E-state index contributed by atoms with van der Waals surface area (Å²) in [5, 5.41) is 16.3. The molecule has 5 rings (SSSR count). The van der Waals surface area contributed by atoms with Gasteiger partial charge >= 0.3 is 0 Å². The summed E-state index contributed by atoms with van der Waals surface area (Å²) in [6.07, 6.45) is 5.66. The Hall–Kier alpha value is -2.78. The molecule has 2 aromatic carbocycles. The summed E-state index contributed by atoms with van der Waals surface area (Å²) in [5.74, 6) is 0.772. The van der Waals surface area contributed by atoms with E-state index >= 15 is 0 Å². The number of thiazole rings is 1. The van der Waals surface area contributed by atoms with Gasteiger partial charge in [0.1, 0.15) is 18.5 Å². The molecule has 1 aliphatic heterocycles. The highest BCUT2D eigenvalue weighted by Crippen LogP contribution is 2.27. The molecule has 0 bridgehead atoms. The summed E-state index contributed by atoms with van der Waals surface area (Å²) >= 11 is 1.75. The summed E-state index contributed by atoms with van der Waals surface area (Å²) in [5.41, 5.74) is 3.34. The number of benzene rings is 2. The van der Waals surface area contributed by atoms with Gasteiger partial charge in [-0.25, -0.2) is 4.98 Å². The number of hydrogen-bond donors (Lipinski definition) is 1. The third-order valence-electron chi connectivity index (χ3n) is 6.63. The molecule has 0 aliphatic carbocycles. The molecule has 1 fully saturated rings. The zero-order valence-electron chi connectivity index (χ0n) is 20.9. The van der Waals surface area contributed by atoms with Crippen molar-refractivity contribution in [2.24, 2.45) is 0 Å². The maximum Gasteiger partial charge on any atom is 0.121 e. The molecule has 0 amide bonds. The standard InChI is InChI=1S/C28H35N5O2S/c1-2-6-28-30-26-17-25(9-10-27(26)36-28)35-21-24(34)20-32-13-11-31(12-14-32)15-16-33-19-23(18-29-33)22-7-4-3-5-8-22/h3-5,7-10,17-19,24,34H,2,6,11-16,20-21H2,1H3/t24-/m0/s1. The summed E-state index contributed by atoms with van der Waals surface area (Å²) in [7, 11) is 0. The van der Waals surface area contributed by atoms with Crippen LogP contribution in [0.4, 0.5) is 0 Å². The minimum atomic E-state index is -0.515. The lowest BCUT2D eigenvalue weighted by molar-refractivity contribution is 0.0453. The van der Waals surface area contributed by atoms with Gasteiger partial charge in [0.15, 0.2) is 0 Å². The fourth-order valence-electron chi connectivity index (χ4n) is 4.61. The minimum Gasteiger partial charge on any atom is -0.491 e. The van der Waals surface area contributed by atoms with E-state index in [0.717, 1.165) is 68.9 Å². The van der Waals surface area contributed by atoms with Gasteiger partial charge in [0.25, 0.3) is 0 Å². The molecule has 1 N–H and O–H groups in total. The maximum absolute atomic E-state index is 10.6. The van der Waals surface area contributed by atoms with Crippen molar-refractivity contribution in [1.29, 1.82) is 0 Å². The molecule has 1 atom stereocenters. The molecule has 0 spiro atoms. The van der Waals surface area contributed by atoms with Crippen LogP contribution in [0.25, 0.3) is 21.3 Å². The average Bonchev–Trinajstić information content (AvgIpc) is 3.54. The number of piperazine rings is 1. The summed E-state index contributed by atoms with van der Waals surface area (Å²) in [6, 6.07) is 16.4. The van der Waals surface area contributed by atoms with E-state index in [1.54, 1.807) is 11.3 Å². The number of β-amino-alcohol motifs (C(OH)–C–C–N with tert-alkyl or cyclic N) is 1.